The van der Waals surface area contributed by atoms with Crippen molar-refractivity contribution in [2.24, 2.45) is 13.0 Å². The topological polar surface area (TPSA) is 95.8 Å². The molecule has 0 saturated heterocycles. The van der Waals surface area contributed by atoms with Crippen LogP contribution in [-0.4, -0.2) is 36.9 Å². The van der Waals surface area contributed by atoms with Crippen molar-refractivity contribution < 1.29 is 9.90 Å². The van der Waals surface area contributed by atoms with Crippen LogP contribution >= 0.6 is 0 Å². The SMILES string of the molecule is Cn1cc([C@H](NC(=O)c2ccccc2-c2ncc[nH]2)C2CC(O)C2)cn1. The number of carbonyl (C=O) groups excluding carboxylic acids is 1. The highest BCUT2D eigenvalue weighted by Gasteiger charge is 2.36. The summed E-state index contributed by atoms with van der Waals surface area (Å²) < 4.78 is 1.72. The van der Waals surface area contributed by atoms with Gasteiger partial charge < -0.3 is 15.4 Å². The molecular weight excluding hydrogens is 330 g/mol. The third-order valence-electron chi connectivity index (χ3n) is 4.92. The van der Waals surface area contributed by atoms with Crippen LogP contribution in [0.1, 0.15) is 34.8 Å². The first-order valence-electron chi connectivity index (χ1n) is 8.68. The molecule has 1 fully saturated rings. The number of aromatic amines is 1. The third kappa shape index (κ3) is 3.13. The molecule has 1 aliphatic rings. The summed E-state index contributed by atoms with van der Waals surface area (Å²) in [6.45, 7) is 0. The molecule has 1 atom stereocenters. The minimum atomic E-state index is -0.286. The number of aliphatic hydroxyl groups is 1. The van der Waals surface area contributed by atoms with Crippen molar-refractivity contribution in [3.05, 3.63) is 60.2 Å². The highest BCUT2D eigenvalue weighted by Crippen LogP contribution is 2.38. The zero-order valence-electron chi connectivity index (χ0n) is 14.5. The summed E-state index contributed by atoms with van der Waals surface area (Å²) in [4.78, 5) is 20.3. The minimum Gasteiger partial charge on any atom is -0.393 e. The van der Waals surface area contributed by atoms with Gasteiger partial charge in [0.15, 0.2) is 0 Å². The summed E-state index contributed by atoms with van der Waals surface area (Å²) in [5.41, 5.74) is 2.28. The average molecular weight is 351 g/mol. The van der Waals surface area contributed by atoms with Crippen LogP contribution in [0.3, 0.4) is 0 Å². The Morgan fingerprint density at radius 2 is 2.19 bits per heavy atom. The van der Waals surface area contributed by atoms with Crippen LogP contribution in [0.5, 0.6) is 0 Å². The predicted octanol–water partition coefficient (Wildman–Crippen LogP) is 2.05. The summed E-state index contributed by atoms with van der Waals surface area (Å²) in [5, 5.41) is 17.1. The molecule has 7 nitrogen and oxygen atoms in total. The van der Waals surface area contributed by atoms with Crippen molar-refractivity contribution in [3.63, 3.8) is 0 Å². The predicted molar refractivity (Wildman–Crippen MR) is 96.2 cm³/mol. The maximum absolute atomic E-state index is 13.0. The van der Waals surface area contributed by atoms with Gasteiger partial charge in [0.05, 0.1) is 23.9 Å². The van der Waals surface area contributed by atoms with Gasteiger partial charge >= 0.3 is 0 Å². The van der Waals surface area contributed by atoms with E-state index in [0.29, 0.717) is 24.2 Å². The van der Waals surface area contributed by atoms with Crippen LogP contribution in [0, 0.1) is 5.92 Å². The number of aliphatic hydroxyl groups excluding tert-OH is 1. The Morgan fingerprint density at radius 3 is 2.85 bits per heavy atom. The minimum absolute atomic E-state index is 0.160. The number of amides is 1. The first-order valence-corrected chi connectivity index (χ1v) is 8.68. The maximum Gasteiger partial charge on any atom is 0.252 e. The first-order chi connectivity index (χ1) is 12.6. The lowest BCUT2D eigenvalue weighted by Crippen LogP contribution is -2.41. The van der Waals surface area contributed by atoms with Crippen LogP contribution in [0.4, 0.5) is 0 Å². The average Bonchev–Trinajstić information content (AvgIpc) is 3.29. The fraction of sp³-hybridized carbons (Fsp3) is 0.316. The van der Waals surface area contributed by atoms with E-state index < -0.39 is 0 Å². The van der Waals surface area contributed by atoms with Crippen molar-refractivity contribution in [2.45, 2.75) is 25.0 Å². The Bertz CT molecular complexity index is 896. The molecule has 26 heavy (non-hydrogen) atoms. The van der Waals surface area contributed by atoms with Gasteiger partial charge in [0.25, 0.3) is 5.91 Å². The van der Waals surface area contributed by atoms with E-state index in [9.17, 15) is 9.90 Å². The van der Waals surface area contributed by atoms with E-state index in [4.69, 9.17) is 0 Å². The number of carbonyl (C=O) groups is 1. The van der Waals surface area contributed by atoms with Crippen molar-refractivity contribution in [1.29, 1.82) is 0 Å². The zero-order valence-corrected chi connectivity index (χ0v) is 14.5. The first kappa shape index (κ1) is 16.5. The Balaban J connectivity index is 1.61. The molecule has 2 heterocycles. The largest absolute Gasteiger partial charge is 0.393 e. The van der Waals surface area contributed by atoms with Gasteiger partial charge in [-0.2, -0.15) is 5.10 Å². The number of hydrogen-bond donors (Lipinski definition) is 3. The molecule has 0 radical (unpaired) electrons. The lowest BCUT2D eigenvalue weighted by molar-refractivity contribution is 0.0235. The Morgan fingerprint density at radius 1 is 1.38 bits per heavy atom. The smallest absolute Gasteiger partial charge is 0.252 e. The maximum atomic E-state index is 13.0. The summed E-state index contributed by atoms with van der Waals surface area (Å²) >= 11 is 0. The number of imidazole rings is 1. The highest BCUT2D eigenvalue weighted by atomic mass is 16.3. The molecule has 0 bridgehead atoms. The van der Waals surface area contributed by atoms with Gasteiger partial charge in [-0.05, 0) is 24.8 Å². The highest BCUT2D eigenvalue weighted by molar-refractivity contribution is 6.00. The molecule has 1 saturated carbocycles. The second kappa shape index (κ2) is 6.76. The second-order valence-electron chi connectivity index (χ2n) is 6.77. The van der Waals surface area contributed by atoms with Crippen LogP contribution in [0.25, 0.3) is 11.4 Å². The molecule has 1 aromatic carbocycles. The van der Waals surface area contributed by atoms with Crippen LogP contribution < -0.4 is 5.32 Å². The molecule has 2 aromatic heterocycles. The van der Waals surface area contributed by atoms with Crippen LogP contribution in [0.15, 0.2) is 49.1 Å². The van der Waals surface area contributed by atoms with Gasteiger partial charge in [0.1, 0.15) is 5.82 Å². The second-order valence-corrected chi connectivity index (χ2v) is 6.77. The molecule has 0 unspecified atom stereocenters. The molecule has 3 aromatic rings. The van der Waals surface area contributed by atoms with Crippen molar-refractivity contribution in [2.75, 3.05) is 0 Å². The molecule has 7 heteroatoms. The van der Waals surface area contributed by atoms with Crippen molar-refractivity contribution >= 4 is 5.91 Å². The van der Waals surface area contributed by atoms with E-state index in [1.54, 1.807) is 29.3 Å². The van der Waals surface area contributed by atoms with E-state index in [0.717, 1.165) is 11.1 Å². The molecule has 3 N–H and O–H groups in total. The van der Waals surface area contributed by atoms with E-state index in [1.165, 1.54) is 0 Å². The number of aryl methyl sites for hydroxylation is 1. The number of nitrogens with one attached hydrogen (secondary N) is 2. The number of rotatable bonds is 5. The fourth-order valence-electron chi connectivity index (χ4n) is 3.50. The molecule has 134 valence electrons. The molecular formula is C19H21N5O2. The molecule has 0 aliphatic heterocycles. The lowest BCUT2D eigenvalue weighted by Gasteiger charge is -2.37. The molecule has 0 spiro atoms. The van der Waals surface area contributed by atoms with Gasteiger partial charge in [0, 0.05) is 36.8 Å². The normalized spacial score (nSPS) is 20.4. The monoisotopic (exact) mass is 351 g/mol. The van der Waals surface area contributed by atoms with Gasteiger partial charge in [-0.3, -0.25) is 9.48 Å². The Kier molecular flexibility index (Phi) is 4.30. The van der Waals surface area contributed by atoms with Crippen LogP contribution in [0.2, 0.25) is 0 Å². The summed E-state index contributed by atoms with van der Waals surface area (Å²) in [6.07, 6.45) is 8.16. The van der Waals surface area contributed by atoms with Crippen molar-refractivity contribution in [1.82, 2.24) is 25.1 Å². The van der Waals surface area contributed by atoms with Gasteiger partial charge in [-0.15, -0.1) is 0 Å². The number of aromatic nitrogens is 4. The summed E-state index contributed by atoms with van der Waals surface area (Å²) in [5.74, 6) is 0.703. The lowest BCUT2D eigenvalue weighted by atomic mass is 9.75. The Hall–Kier alpha value is -2.93. The fourth-order valence-corrected chi connectivity index (χ4v) is 3.50. The summed E-state index contributed by atoms with van der Waals surface area (Å²) in [7, 11) is 1.85. The quantitative estimate of drug-likeness (QED) is 0.655. The number of H-pyrrole nitrogens is 1. The van der Waals surface area contributed by atoms with Crippen molar-refractivity contribution in [3.8, 4) is 11.4 Å². The zero-order chi connectivity index (χ0) is 18.1. The van der Waals surface area contributed by atoms with Gasteiger partial charge in [0.2, 0.25) is 0 Å². The number of hydrogen-bond acceptors (Lipinski definition) is 4. The Labute approximate surface area is 151 Å². The molecule has 1 aliphatic carbocycles. The summed E-state index contributed by atoms with van der Waals surface area (Å²) in [6, 6.07) is 7.22. The van der Waals surface area contributed by atoms with E-state index in [2.05, 4.69) is 20.4 Å². The number of nitrogens with zero attached hydrogens (tertiary/aromatic N) is 3. The molecule has 4 rings (SSSR count). The van der Waals surface area contributed by atoms with E-state index in [-0.39, 0.29) is 24.0 Å². The standard InChI is InChI=1S/C19H21N5O2/c1-24-11-13(10-22-24)17(12-8-14(25)9-12)23-19(26)16-5-3-2-4-15(16)18-20-6-7-21-18/h2-7,10-12,14,17,25H,8-9H2,1H3,(H,20,21)(H,23,26)/t12?,14?,17-/m1/s1. The van der Waals surface area contributed by atoms with Gasteiger partial charge in [-0.25, -0.2) is 4.98 Å². The van der Waals surface area contributed by atoms with E-state index >= 15 is 0 Å². The number of benzene rings is 1. The third-order valence-corrected chi connectivity index (χ3v) is 4.92. The van der Waals surface area contributed by atoms with Gasteiger partial charge in [-0.1, -0.05) is 18.2 Å². The van der Waals surface area contributed by atoms with E-state index in [1.807, 2.05) is 31.4 Å². The van der Waals surface area contributed by atoms with Crippen LogP contribution in [-0.2, 0) is 7.05 Å². The molecule has 1 amide bonds.